The van der Waals surface area contributed by atoms with Gasteiger partial charge in [0.2, 0.25) is 0 Å². The number of halogens is 2. The molecule has 0 spiro atoms. The number of nitrogens with zero attached hydrogens (tertiary/aromatic N) is 1. The normalized spacial score (nSPS) is 23.4. The van der Waals surface area contributed by atoms with Crippen molar-refractivity contribution in [1.82, 2.24) is 4.31 Å². The molecule has 1 aliphatic heterocycles. The molecule has 0 aromatic rings. The monoisotopic (exact) mass is 257 g/mol. The Kier molecular flexibility index (Phi) is 4.20. The summed E-state index contributed by atoms with van der Waals surface area (Å²) >= 11 is 0. The molecular formula is C8H13F2NO4S. The standard InChI is InChI=1S/C8H13F2NO4S/c1-15-7(12)6-4-2-3-5-11(6)16(13,14)8(9)10/h6,8H,2-5H2,1H3. The minimum absolute atomic E-state index is 0.0631. The summed E-state index contributed by atoms with van der Waals surface area (Å²) in [6.45, 7) is -0.0631. The second kappa shape index (κ2) is 5.05. The van der Waals surface area contributed by atoms with Gasteiger partial charge in [0.05, 0.1) is 7.11 Å². The molecular weight excluding hydrogens is 244 g/mol. The molecule has 94 valence electrons. The fourth-order valence-corrected chi connectivity index (χ4v) is 2.82. The number of rotatable bonds is 3. The lowest BCUT2D eigenvalue weighted by Gasteiger charge is -2.32. The molecule has 0 bridgehead atoms. The molecule has 0 saturated carbocycles. The lowest BCUT2D eigenvalue weighted by molar-refractivity contribution is -0.146. The van der Waals surface area contributed by atoms with Gasteiger partial charge in [-0.05, 0) is 19.3 Å². The molecule has 0 N–H and O–H groups in total. The summed E-state index contributed by atoms with van der Waals surface area (Å²) in [4.78, 5) is 11.3. The summed E-state index contributed by atoms with van der Waals surface area (Å²) < 4.78 is 52.2. The van der Waals surface area contributed by atoms with E-state index in [0.717, 1.165) is 7.11 Å². The minimum Gasteiger partial charge on any atom is -0.468 e. The lowest BCUT2D eigenvalue weighted by atomic mass is 10.1. The predicted octanol–water partition coefficient (Wildman–Crippen LogP) is 0.566. The highest BCUT2D eigenvalue weighted by Crippen LogP contribution is 2.24. The first kappa shape index (κ1) is 13.3. The number of methoxy groups -OCH3 is 1. The van der Waals surface area contributed by atoms with Crippen molar-refractivity contribution in [1.29, 1.82) is 0 Å². The van der Waals surface area contributed by atoms with Crippen LogP contribution in [0.4, 0.5) is 8.78 Å². The van der Waals surface area contributed by atoms with Crippen LogP contribution in [-0.2, 0) is 19.6 Å². The summed E-state index contributed by atoms with van der Waals surface area (Å²) in [5.41, 5.74) is 0. The summed E-state index contributed by atoms with van der Waals surface area (Å²) in [7, 11) is -3.60. The van der Waals surface area contributed by atoms with Crippen molar-refractivity contribution in [3.63, 3.8) is 0 Å². The number of hydrogen-bond acceptors (Lipinski definition) is 4. The zero-order valence-corrected chi connectivity index (χ0v) is 9.54. The third-order valence-corrected chi connectivity index (χ3v) is 4.02. The number of sulfonamides is 1. The van der Waals surface area contributed by atoms with Crippen molar-refractivity contribution >= 4 is 16.0 Å². The number of esters is 1. The zero-order valence-electron chi connectivity index (χ0n) is 8.73. The first-order chi connectivity index (χ1) is 7.41. The highest BCUT2D eigenvalue weighted by Gasteiger charge is 2.41. The number of ether oxygens (including phenoxy) is 1. The van der Waals surface area contributed by atoms with Gasteiger partial charge in [-0.1, -0.05) is 0 Å². The van der Waals surface area contributed by atoms with Crippen LogP contribution >= 0.6 is 0 Å². The molecule has 1 fully saturated rings. The van der Waals surface area contributed by atoms with Gasteiger partial charge in [-0.15, -0.1) is 0 Å². The lowest BCUT2D eigenvalue weighted by Crippen LogP contribution is -2.50. The molecule has 0 aromatic heterocycles. The van der Waals surface area contributed by atoms with Gasteiger partial charge in [0.25, 0.3) is 10.0 Å². The Balaban J connectivity index is 2.95. The van der Waals surface area contributed by atoms with E-state index >= 15 is 0 Å². The molecule has 1 aliphatic rings. The van der Waals surface area contributed by atoms with Crippen LogP contribution in [0.1, 0.15) is 19.3 Å². The second-order valence-electron chi connectivity index (χ2n) is 3.45. The van der Waals surface area contributed by atoms with E-state index in [1.165, 1.54) is 0 Å². The first-order valence-corrected chi connectivity index (χ1v) is 6.28. The summed E-state index contributed by atoms with van der Waals surface area (Å²) in [5, 5.41) is 0. The van der Waals surface area contributed by atoms with E-state index < -0.39 is 27.8 Å². The fourth-order valence-electron chi connectivity index (χ4n) is 1.68. The van der Waals surface area contributed by atoms with Crippen molar-refractivity contribution < 1.29 is 26.7 Å². The molecule has 8 heteroatoms. The number of alkyl halides is 2. The van der Waals surface area contributed by atoms with Gasteiger partial charge in [0, 0.05) is 6.54 Å². The summed E-state index contributed by atoms with van der Waals surface area (Å²) in [5.74, 6) is -4.29. The third-order valence-electron chi connectivity index (χ3n) is 2.48. The summed E-state index contributed by atoms with van der Waals surface area (Å²) in [6, 6.07) is -1.11. The molecule has 1 unspecified atom stereocenters. The Labute approximate surface area is 92.4 Å². The largest absolute Gasteiger partial charge is 0.468 e. The van der Waals surface area contributed by atoms with Crippen LogP contribution in [0.15, 0.2) is 0 Å². The van der Waals surface area contributed by atoms with Gasteiger partial charge >= 0.3 is 11.7 Å². The van der Waals surface area contributed by atoms with Crippen LogP contribution in [-0.4, -0.2) is 44.1 Å². The quantitative estimate of drug-likeness (QED) is 0.693. The maximum absolute atomic E-state index is 12.4. The van der Waals surface area contributed by atoms with Crippen molar-refractivity contribution in [2.45, 2.75) is 31.1 Å². The number of piperidine rings is 1. The van der Waals surface area contributed by atoms with E-state index in [9.17, 15) is 22.0 Å². The highest BCUT2D eigenvalue weighted by molar-refractivity contribution is 7.89. The average molecular weight is 257 g/mol. The predicted molar refractivity (Wildman–Crippen MR) is 51.3 cm³/mol. The molecule has 0 aromatic carbocycles. The molecule has 1 rings (SSSR count). The minimum atomic E-state index is -4.71. The van der Waals surface area contributed by atoms with E-state index in [4.69, 9.17) is 0 Å². The molecule has 0 aliphatic carbocycles. The Morgan fingerprint density at radius 1 is 1.44 bits per heavy atom. The second-order valence-corrected chi connectivity index (χ2v) is 5.31. The maximum Gasteiger partial charge on any atom is 0.350 e. The smallest absolute Gasteiger partial charge is 0.350 e. The Morgan fingerprint density at radius 3 is 2.56 bits per heavy atom. The fraction of sp³-hybridized carbons (Fsp3) is 0.875. The molecule has 0 amide bonds. The molecule has 5 nitrogen and oxygen atoms in total. The van der Waals surface area contributed by atoms with E-state index in [1.807, 2.05) is 0 Å². The van der Waals surface area contributed by atoms with Crippen LogP contribution in [0.5, 0.6) is 0 Å². The van der Waals surface area contributed by atoms with Gasteiger partial charge in [-0.25, -0.2) is 8.42 Å². The average Bonchev–Trinajstić information content (AvgIpc) is 2.27. The zero-order chi connectivity index (χ0) is 12.3. The maximum atomic E-state index is 12.4. The van der Waals surface area contributed by atoms with E-state index in [2.05, 4.69) is 4.74 Å². The van der Waals surface area contributed by atoms with E-state index in [0.29, 0.717) is 17.1 Å². The molecule has 1 saturated heterocycles. The molecule has 1 heterocycles. The van der Waals surface area contributed by atoms with Gasteiger partial charge in [-0.2, -0.15) is 13.1 Å². The van der Waals surface area contributed by atoms with Crippen LogP contribution in [0.2, 0.25) is 0 Å². The number of carbonyl (C=O) groups is 1. The van der Waals surface area contributed by atoms with Crippen molar-refractivity contribution in [2.24, 2.45) is 0 Å². The van der Waals surface area contributed by atoms with Crippen LogP contribution in [0.25, 0.3) is 0 Å². The Morgan fingerprint density at radius 2 is 2.06 bits per heavy atom. The van der Waals surface area contributed by atoms with Crippen LogP contribution < -0.4 is 0 Å². The van der Waals surface area contributed by atoms with Crippen LogP contribution in [0, 0.1) is 0 Å². The van der Waals surface area contributed by atoms with E-state index in [-0.39, 0.29) is 13.0 Å². The Hall–Kier alpha value is -0.760. The van der Waals surface area contributed by atoms with Gasteiger partial charge in [-0.3, -0.25) is 4.79 Å². The van der Waals surface area contributed by atoms with Crippen molar-refractivity contribution in [3.05, 3.63) is 0 Å². The number of carbonyl (C=O) groups excluding carboxylic acids is 1. The topological polar surface area (TPSA) is 63.7 Å². The van der Waals surface area contributed by atoms with Crippen LogP contribution in [0.3, 0.4) is 0 Å². The summed E-state index contributed by atoms with van der Waals surface area (Å²) in [6.07, 6.45) is 1.31. The van der Waals surface area contributed by atoms with Crippen molar-refractivity contribution in [3.8, 4) is 0 Å². The number of hydrogen-bond donors (Lipinski definition) is 0. The Bertz CT molecular complexity index is 357. The van der Waals surface area contributed by atoms with E-state index in [1.54, 1.807) is 0 Å². The molecule has 0 radical (unpaired) electrons. The van der Waals surface area contributed by atoms with Gasteiger partial charge < -0.3 is 4.74 Å². The first-order valence-electron chi connectivity index (χ1n) is 4.78. The SMILES string of the molecule is COC(=O)C1CCCCN1S(=O)(=O)C(F)F. The molecule has 1 atom stereocenters. The van der Waals surface area contributed by atoms with Gasteiger partial charge in [0.1, 0.15) is 6.04 Å². The third kappa shape index (κ3) is 2.49. The van der Waals surface area contributed by atoms with Gasteiger partial charge in [0.15, 0.2) is 0 Å². The van der Waals surface area contributed by atoms with Crippen molar-refractivity contribution in [2.75, 3.05) is 13.7 Å². The molecule has 16 heavy (non-hydrogen) atoms. The highest BCUT2D eigenvalue weighted by atomic mass is 32.2.